The lowest BCUT2D eigenvalue weighted by Crippen LogP contribution is -2.40. The third-order valence-electron chi connectivity index (χ3n) is 5.49. The van der Waals surface area contributed by atoms with E-state index in [0.717, 1.165) is 0 Å². The molecule has 1 amide bonds. The first-order chi connectivity index (χ1) is 15.9. The Morgan fingerprint density at radius 1 is 1.00 bits per heavy atom. The predicted molar refractivity (Wildman–Crippen MR) is 125 cm³/mol. The number of nitrogens with one attached hydrogen (secondary N) is 1. The zero-order valence-corrected chi connectivity index (χ0v) is 20.1. The van der Waals surface area contributed by atoms with Gasteiger partial charge in [-0.1, -0.05) is 12.1 Å². The smallest absolute Gasteiger partial charge is 0.316 e. The van der Waals surface area contributed by atoms with Crippen LogP contribution in [0.3, 0.4) is 0 Å². The molecule has 9 nitrogen and oxygen atoms in total. The van der Waals surface area contributed by atoms with Gasteiger partial charge in [-0.25, -0.2) is 8.42 Å². The molecule has 0 spiro atoms. The predicted octanol–water partition coefficient (Wildman–Crippen LogP) is 3.38. The number of hydrogen-bond donors (Lipinski definition) is 2. The second kappa shape index (κ2) is 9.84. The number of likely N-dealkylation sites (tertiary alicyclic amines) is 1. The van der Waals surface area contributed by atoms with E-state index in [-0.39, 0.29) is 40.9 Å². The lowest BCUT2D eigenvalue weighted by atomic mass is 9.96. The lowest BCUT2D eigenvalue weighted by molar-refractivity contribution is -0.143. The van der Waals surface area contributed by atoms with Crippen LogP contribution in [0.4, 0.5) is 5.69 Å². The van der Waals surface area contributed by atoms with Crippen LogP contribution >= 0.6 is 0 Å². The van der Waals surface area contributed by atoms with Gasteiger partial charge in [0.2, 0.25) is 0 Å². The van der Waals surface area contributed by atoms with E-state index in [0.29, 0.717) is 12.8 Å². The highest BCUT2D eigenvalue weighted by Gasteiger charge is 2.29. The van der Waals surface area contributed by atoms with Gasteiger partial charge in [-0.3, -0.25) is 19.1 Å². The number of rotatable bonds is 6. The van der Waals surface area contributed by atoms with Gasteiger partial charge in [0, 0.05) is 13.1 Å². The van der Waals surface area contributed by atoms with Crippen LogP contribution in [0.25, 0.3) is 0 Å². The fraction of sp³-hybridized carbons (Fsp3) is 0.375. The van der Waals surface area contributed by atoms with Crippen LogP contribution in [0, 0.1) is 11.3 Å². The van der Waals surface area contributed by atoms with Crippen LogP contribution in [-0.2, 0) is 19.6 Å². The summed E-state index contributed by atoms with van der Waals surface area (Å²) in [5, 5.41) is 9.15. The highest BCUT2D eigenvalue weighted by Crippen LogP contribution is 2.26. The van der Waals surface area contributed by atoms with E-state index >= 15 is 0 Å². The van der Waals surface area contributed by atoms with Crippen LogP contribution in [0.2, 0.25) is 0 Å². The summed E-state index contributed by atoms with van der Waals surface area (Å²) < 4.78 is 33.6. The molecule has 2 aromatic carbocycles. The number of anilines is 1. The van der Waals surface area contributed by atoms with Gasteiger partial charge in [-0.2, -0.15) is 0 Å². The lowest BCUT2D eigenvalue weighted by Gasteiger charge is -2.30. The Hall–Kier alpha value is -3.40. The highest BCUT2D eigenvalue weighted by molar-refractivity contribution is 7.92. The maximum Gasteiger partial charge on any atom is 0.316 e. The van der Waals surface area contributed by atoms with Crippen LogP contribution in [-0.4, -0.2) is 49.4 Å². The number of carboxylic acid groups (broad SMARTS) is 1. The van der Waals surface area contributed by atoms with Gasteiger partial charge in [0.05, 0.1) is 27.5 Å². The van der Waals surface area contributed by atoms with E-state index in [2.05, 4.69) is 4.72 Å². The first-order valence-corrected chi connectivity index (χ1v) is 12.3. The second-order valence-electron chi connectivity index (χ2n) is 9.17. The molecule has 1 heterocycles. The first-order valence-electron chi connectivity index (χ1n) is 10.8. The number of hydrogen-bond acceptors (Lipinski definition) is 6. The van der Waals surface area contributed by atoms with Gasteiger partial charge in [-0.05, 0) is 70.0 Å². The minimum atomic E-state index is -4.03. The average Bonchev–Trinajstić information content (AvgIpc) is 2.78. The fourth-order valence-electron chi connectivity index (χ4n) is 3.41. The Labute approximate surface area is 198 Å². The molecule has 0 saturated carbocycles. The third kappa shape index (κ3) is 5.93. The number of carboxylic acids is 1. The number of aliphatic carboxylic acids is 1. The van der Waals surface area contributed by atoms with Crippen molar-refractivity contribution in [1.82, 2.24) is 4.90 Å². The van der Waals surface area contributed by atoms with Gasteiger partial charge in [0.15, 0.2) is 0 Å². The number of esters is 1. The summed E-state index contributed by atoms with van der Waals surface area (Å²) >= 11 is 0. The van der Waals surface area contributed by atoms with Gasteiger partial charge < -0.3 is 14.7 Å². The highest BCUT2D eigenvalue weighted by atomic mass is 32.2. The molecule has 2 aromatic rings. The van der Waals surface area contributed by atoms with Gasteiger partial charge in [0.25, 0.3) is 15.9 Å². The van der Waals surface area contributed by atoms with Gasteiger partial charge >= 0.3 is 11.9 Å². The molecule has 10 heteroatoms. The maximum absolute atomic E-state index is 13.0. The van der Waals surface area contributed by atoms with E-state index in [1.165, 1.54) is 41.3 Å². The topological polar surface area (TPSA) is 130 Å². The van der Waals surface area contributed by atoms with Crippen molar-refractivity contribution in [2.24, 2.45) is 11.3 Å². The number of nitrogens with zero attached hydrogens (tertiary/aromatic N) is 1. The number of benzene rings is 2. The Balaban J connectivity index is 1.75. The molecule has 2 N–H and O–H groups in total. The molecule has 0 atom stereocenters. The number of para-hydroxylation sites is 1. The van der Waals surface area contributed by atoms with Crippen molar-refractivity contribution in [1.29, 1.82) is 0 Å². The van der Waals surface area contributed by atoms with Crippen molar-refractivity contribution in [3.63, 3.8) is 0 Å². The standard InChI is InChI=1S/C24H28N2O7S/c1-24(2,3)23(30)33-17-8-10-18(11-9-17)34(31,32)25-20-7-5-4-6-19(20)21(27)26-14-12-16(13-15-26)22(28)29/h4-11,16,25H,12-15H2,1-3H3,(H,28,29). The summed E-state index contributed by atoms with van der Waals surface area (Å²) in [5.41, 5.74) is -0.405. The molecular formula is C24H28N2O7S. The summed E-state index contributed by atoms with van der Waals surface area (Å²) in [6, 6.07) is 11.7. The van der Waals surface area contributed by atoms with Crippen LogP contribution in [0.15, 0.2) is 53.4 Å². The Bertz CT molecular complexity index is 1180. The quantitative estimate of drug-likeness (QED) is 0.471. The molecule has 1 aliphatic rings. The monoisotopic (exact) mass is 488 g/mol. The molecule has 3 rings (SSSR count). The second-order valence-corrected chi connectivity index (χ2v) is 10.8. The maximum atomic E-state index is 13.0. The largest absolute Gasteiger partial charge is 0.481 e. The minimum Gasteiger partial charge on any atom is -0.481 e. The SMILES string of the molecule is CC(C)(C)C(=O)Oc1ccc(S(=O)(=O)Nc2ccccc2C(=O)N2CCC(C(=O)O)CC2)cc1. The van der Waals surface area contributed by atoms with E-state index in [1.54, 1.807) is 32.9 Å². The molecule has 182 valence electrons. The molecule has 1 aliphatic heterocycles. The number of ether oxygens (including phenoxy) is 1. The number of carbonyl (C=O) groups is 3. The fourth-order valence-corrected chi connectivity index (χ4v) is 4.49. The Morgan fingerprint density at radius 3 is 2.15 bits per heavy atom. The molecule has 34 heavy (non-hydrogen) atoms. The van der Waals surface area contributed by atoms with Crippen molar-refractivity contribution < 1.29 is 32.6 Å². The molecule has 0 aliphatic carbocycles. The summed E-state index contributed by atoms with van der Waals surface area (Å²) in [7, 11) is -4.03. The van der Waals surface area contributed by atoms with Crippen molar-refractivity contribution in [2.75, 3.05) is 17.8 Å². The van der Waals surface area contributed by atoms with Gasteiger partial charge in [-0.15, -0.1) is 0 Å². The van der Waals surface area contributed by atoms with E-state index in [1.807, 2.05) is 0 Å². The first kappa shape index (κ1) is 25.2. The van der Waals surface area contributed by atoms with E-state index in [9.17, 15) is 22.8 Å². The van der Waals surface area contributed by atoms with Crippen molar-refractivity contribution in [3.8, 4) is 5.75 Å². The van der Waals surface area contributed by atoms with Crippen molar-refractivity contribution in [2.45, 2.75) is 38.5 Å². The number of carbonyl (C=O) groups excluding carboxylic acids is 2. The van der Waals surface area contributed by atoms with Crippen molar-refractivity contribution >= 4 is 33.6 Å². The average molecular weight is 489 g/mol. The molecule has 1 fully saturated rings. The zero-order chi connectivity index (χ0) is 25.1. The normalized spacial score (nSPS) is 15.0. The summed E-state index contributed by atoms with van der Waals surface area (Å²) in [6.45, 7) is 5.71. The Kier molecular flexibility index (Phi) is 7.30. The summed E-state index contributed by atoms with van der Waals surface area (Å²) in [6.07, 6.45) is 0.697. The van der Waals surface area contributed by atoms with E-state index in [4.69, 9.17) is 9.84 Å². The number of piperidine rings is 1. The van der Waals surface area contributed by atoms with Gasteiger partial charge in [0.1, 0.15) is 5.75 Å². The Morgan fingerprint density at radius 2 is 1.59 bits per heavy atom. The number of amides is 1. The van der Waals surface area contributed by atoms with E-state index < -0.39 is 33.3 Å². The molecule has 0 aromatic heterocycles. The summed E-state index contributed by atoms with van der Waals surface area (Å²) in [4.78, 5) is 37.7. The molecule has 0 unspecified atom stereocenters. The molecule has 1 saturated heterocycles. The zero-order valence-electron chi connectivity index (χ0n) is 19.3. The number of sulfonamides is 1. The van der Waals surface area contributed by atoms with Crippen LogP contribution < -0.4 is 9.46 Å². The third-order valence-corrected chi connectivity index (χ3v) is 6.87. The van der Waals surface area contributed by atoms with Crippen LogP contribution in [0.5, 0.6) is 5.75 Å². The molecule has 0 radical (unpaired) electrons. The molecule has 0 bridgehead atoms. The van der Waals surface area contributed by atoms with Crippen LogP contribution in [0.1, 0.15) is 44.0 Å². The summed E-state index contributed by atoms with van der Waals surface area (Å²) in [5.74, 6) is -1.95. The molecular weight excluding hydrogens is 460 g/mol. The minimum absolute atomic E-state index is 0.0624. The van der Waals surface area contributed by atoms with Crippen molar-refractivity contribution in [3.05, 3.63) is 54.1 Å².